The molecule has 0 aromatic heterocycles. The van der Waals surface area contributed by atoms with Gasteiger partial charge in [-0.25, -0.2) is 4.39 Å². The molecule has 15 heavy (non-hydrogen) atoms. The van der Waals surface area contributed by atoms with Crippen LogP contribution in [0.25, 0.3) is 0 Å². The van der Waals surface area contributed by atoms with Gasteiger partial charge in [-0.1, -0.05) is 0 Å². The lowest BCUT2D eigenvalue weighted by Crippen LogP contribution is -2.16. The summed E-state index contributed by atoms with van der Waals surface area (Å²) in [5.74, 6) is -1.29. The molecule has 5 heteroatoms. The summed E-state index contributed by atoms with van der Waals surface area (Å²) in [6.07, 6.45) is -0.0562. The van der Waals surface area contributed by atoms with E-state index in [9.17, 15) is 9.18 Å². The quantitative estimate of drug-likeness (QED) is 0.737. The van der Waals surface area contributed by atoms with E-state index in [0.717, 1.165) is 6.07 Å². The van der Waals surface area contributed by atoms with Crippen LogP contribution in [-0.2, 0) is 9.53 Å². The van der Waals surface area contributed by atoms with Crippen LogP contribution in [0.5, 0.6) is 5.75 Å². The fourth-order valence-corrected chi connectivity index (χ4v) is 1.19. The Kier molecular flexibility index (Phi) is 3.62. The van der Waals surface area contributed by atoms with E-state index < -0.39 is 17.8 Å². The molecule has 3 N–H and O–H groups in total. The maximum Gasteiger partial charge on any atom is 0.307 e. The van der Waals surface area contributed by atoms with Crippen LogP contribution in [-0.4, -0.2) is 18.2 Å². The number of halogens is 1. The van der Waals surface area contributed by atoms with Gasteiger partial charge in [-0.15, -0.1) is 0 Å². The number of rotatable bonds is 3. The molecule has 1 atom stereocenters. The SMILES string of the molecule is COC(=O)CC(N)c1cc(O)cc(F)c1. The normalized spacial score (nSPS) is 12.2. The Bertz CT molecular complexity index is 347. The highest BCUT2D eigenvalue weighted by atomic mass is 19.1. The standard InChI is InChI=1S/C10H12FNO3/c1-15-10(14)5-9(12)6-2-7(11)4-8(13)3-6/h2-4,9,13H,5,12H2,1H3. The number of methoxy groups -OCH3 is 1. The van der Waals surface area contributed by atoms with E-state index in [4.69, 9.17) is 10.8 Å². The fraction of sp³-hybridized carbons (Fsp3) is 0.300. The fourth-order valence-electron chi connectivity index (χ4n) is 1.19. The molecule has 82 valence electrons. The van der Waals surface area contributed by atoms with E-state index in [0.29, 0.717) is 5.56 Å². The summed E-state index contributed by atoms with van der Waals surface area (Å²) in [7, 11) is 1.25. The van der Waals surface area contributed by atoms with E-state index >= 15 is 0 Å². The summed E-state index contributed by atoms with van der Waals surface area (Å²) in [4.78, 5) is 10.9. The predicted molar refractivity (Wildman–Crippen MR) is 51.6 cm³/mol. The monoisotopic (exact) mass is 213 g/mol. The second kappa shape index (κ2) is 4.75. The highest BCUT2D eigenvalue weighted by Crippen LogP contribution is 2.21. The Balaban J connectivity index is 2.81. The van der Waals surface area contributed by atoms with E-state index in [1.54, 1.807) is 0 Å². The minimum absolute atomic E-state index is 0.0562. The van der Waals surface area contributed by atoms with Gasteiger partial charge in [-0.2, -0.15) is 0 Å². The first-order chi connectivity index (χ1) is 7.02. The van der Waals surface area contributed by atoms with E-state index in [1.807, 2.05) is 0 Å². The first kappa shape index (κ1) is 11.5. The lowest BCUT2D eigenvalue weighted by molar-refractivity contribution is -0.141. The summed E-state index contributed by atoms with van der Waals surface area (Å²) in [5, 5.41) is 9.12. The van der Waals surface area contributed by atoms with E-state index in [1.165, 1.54) is 19.2 Å². The van der Waals surface area contributed by atoms with Gasteiger partial charge >= 0.3 is 5.97 Å². The molecule has 0 bridgehead atoms. The van der Waals surface area contributed by atoms with Crippen LogP contribution in [0.1, 0.15) is 18.0 Å². The van der Waals surface area contributed by atoms with Crippen molar-refractivity contribution in [2.24, 2.45) is 5.73 Å². The van der Waals surface area contributed by atoms with Crippen molar-refractivity contribution in [1.82, 2.24) is 0 Å². The van der Waals surface area contributed by atoms with Crippen LogP contribution in [0.15, 0.2) is 18.2 Å². The van der Waals surface area contributed by atoms with Crippen molar-refractivity contribution >= 4 is 5.97 Å². The van der Waals surface area contributed by atoms with Crippen LogP contribution in [0.2, 0.25) is 0 Å². The largest absolute Gasteiger partial charge is 0.508 e. The minimum Gasteiger partial charge on any atom is -0.508 e. The molecule has 1 unspecified atom stereocenters. The maximum absolute atomic E-state index is 12.9. The molecule has 4 nitrogen and oxygen atoms in total. The zero-order chi connectivity index (χ0) is 11.4. The Labute approximate surface area is 86.5 Å². The molecular weight excluding hydrogens is 201 g/mol. The molecule has 0 heterocycles. The molecule has 1 aromatic carbocycles. The number of phenolic OH excluding ortho intramolecular Hbond substituents is 1. The van der Waals surface area contributed by atoms with Crippen molar-refractivity contribution in [2.75, 3.05) is 7.11 Å². The van der Waals surface area contributed by atoms with Gasteiger partial charge in [0.2, 0.25) is 0 Å². The van der Waals surface area contributed by atoms with Crippen molar-refractivity contribution in [1.29, 1.82) is 0 Å². The van der Waals surface area contributed by atoms with Gasteiger partial charge in [-0.3, -0.25) is 4.79 Å². The van der Waals surface area contributed by atoms with Crippen LogP contribution < -0.4 is 5.73 Å². The van der Waals surface area contributed by atoms with Gasteiger partial charge < -0.3 is 15.6 Å². The topological polar surface area (TPSA) is 72.5 Å². The van der Waals surface area contributed by atoms with Gasteiger partial charge in [0.05, 0.1) is 13.5 Å². The van der Waals surface area contributed by atoms with E-state index in [-0.39, 0.29) is 12.2 Å². The molecule has 0 saturated carbocycles. The molecule has 1 aromatic rings. The number of benzene rings is 1. The lowest BCUT2D eigenvalue weighted by Gasteiger charge is -2.10. The highest BCUT2D eigenvalue weighted by molar-refractivity contribution is 5.70. The van der Waals surface area contributed by atoms with Crippen LogP contribution in [0.3, 0.4) is 0 Å². The van der Waals surface area contributed by atoms with Crippen molar-refractivity contribution in [2.45, 2.75) is 12.5 Å². The zero-order valence-corrected chi connectivity index (χ0v) is 8.24. The lowest BCUT2D eigenvalue weighted by atomic mass is 10.0. The molecule has 0 aliphatic heterocycles. The average Bonchev–Trinajstić information content (AvgIpc) is 2.16. The summed E-state index contributed by atoms with van der Waals surface area (Å²) < 4.78 is 17.3. The Morgan fingerprint density at radius 1 is 1.60 bits per heavy atom. The van der Waals surface area contributed by atoms with Gasteiger partial charge in [0.1, 0.15) is 11.6 Å². The summed E-state index contributed by atoms with van der Waals surface area (Å²) in [5.41, 5.74) is 5.99. The summed E-state index contributed by atoms with van der Waals surface area (Å²) >= 11 is 0. The molecule has 0 amide bonds. The average molecular weight is 213 g/mol. The minimum atomic E-state index is -0.681. The number of phenols is 1. The van der Waals surface area contributed by atoms with Crippen LogP contribution in [0, 0.1) is 5.82 Å². The van der Waals surface area contributed by atoms with Crippen molar-refractivity contribution in [3.63, 3.8) is 0 Å². The molecular formula is C10H12FNO3. The van der Waals surface area contributed by atoms with Crippen LogP contribution in [0.4, 0.5) is 4.39 Å². The Morgan fingerprint density at radius 3 is 2.80 bits per heavy atom. The second-order valence-electron chi connectivity index (χ2n) is 3.13. The maximum atomic E-state index is 12.9. The molecule has 0 spiro atoms. The predicted octanol–water partition coefficient (Wildman–Crippen LogP) is 1.09. The van der Waals surface area contributed by atoms with Crippen molar-refractivity contribution in [3.8, 4) is 5.75 Å². The number of hydrogen-bond acceptors (Lipinski definition) is 4. The molecule has 0 aliphatic rings. The number of esters is 1. The zero-order valence-electron chi connectivity index (χ0n) is 8.24. The number of ether oxygens (including phenoxy) is 1. The summed E-state index contributed by atoms with van der Waals surface area (Å²) in [6, 6.07) is 2.78. The van der Waals surface area contributed by atoms with Gasteiger partial charge in [0.15, 0.2) is 0 Å². The molecule has 0 saturated heterocycles. The Morgan fingerprint density at radius 2 is 2.27 bits per heavy atom. The number of nitrogens with two attached hydrogens (primary N) is 1. The van der Waals surface area contributed by atoms with Gasteiger partial charge in [-0.05, 0) is 17.7 Å². The number of carbonyl (C=O) groups excluding carboxylic acids is 1. The first-order valence-electron chi connectivity index (χ1n) is 4.34. The summed E-state index contributed by atoms with van der Waals surface area (Å²) in [6.45, 7) is 0. The Hall–Kier alpha value is -1.62. The second-order valence-corrected chi connectivity index (χ2v) is 3.13. The van der Waals surface area contributed by atoms with Gasteiger partial charge in [0, 0.05) is 12.1 Å². The van der Waals surface area contributed by atoms with Crippen molar-refractivity contribution in [3.05, 3.63) is 29.6 Å². The molecule has 0 aliphatic carbocycles. The third-order valence-electron chi connectivity index (χ3n) is 1.95. The van der Waals surface area contributed by atoms with E-state index in [2.05, 4.69) is 4.74 Å². The molecule has 0 fully saturated rings. The smallest absolute Gasteiger partial charge is 0.307 e. The van der Waals surface area contributed by atoms with Crippen molar-refractivity contribution < 1.29 is 19.0 Å². The highest BCUT2D eigenvalue weighted by Gasteiger charge is 2.13. The van der Waals surface area contributed by atoms with Gasteiger partial charge in [0.25, 0.3) is 0 Å². The molecule has 1 rings (SSSR count). The molecule has 0 radical (unpaired) electrons. The third-order valence-corrected chi connectivity index (χ3v) is 1.95. The number of carbonyl (C=O) groups is 1. The number of hydrogen-bond donors (Lipinski definition) is 2. The first-order valence-corrected chi connectivity index (χ1v) is 4.34. The number of aromatic hydroxyl groups is 1. The van der Waals surface area contributed by atoms with Crippen LogP contribution >= 0.6 is 0 Å². The third kappa shape index (κ3) is 3.21.